The van der Waals surface area contributed by atoms with Crippen LogP contribution in [-0.2, 0) is 9.59 Å². The van der Waals surface area contributed by atoms with Crippen molar-refractivity contribution in [2.45, 2.75) is 32.6 Å². The van der Waals surface area contributed by atoms with Gasteiger partial charge in [0.05, 0.1) is 5.92 Å². The van der Waals surface area contributed by atoms with E-state index >= 15 is 0 Å². The number of nitrogens with one attached hydrogen (secondary N) is 1. The highest BCUT2D eigenvalue weighted by molar-refractivity contribution is 5.91. The number of aliphatic carboxylic acids is 1. The van der Waals surface area contributed by atoms with Crippen LogP contribution in [0.2, 0.25) is 0 Å². The molecule has 2 N–H and O–H groups in total. The third-order valence-corrected chi connectivity index (χ3v) is 3.90. The molecule has 0 aromatic carbocycles. The van der Waals surface area contributed by atoms with Gasteiger partial charge < -0.3 is 15.3 Å². The Morgan fingerprint density at radius 3 is 2.95 bits per heavy atom. The lowest BCUT2D eigenvalue weighted by Gasteiger charge is -2.31. The number of carbonyl (C=O) groups is 2. The quantitative estimate of drug-likeness (QED) is 0.839. The number of piperidine rings is 1. The number of carboxylic acids is 1. The number of aromatic nitrogens is 1. The number of carbonyl (C=O) groups excluding carboxylic acids is 1. The van der Waals surface area contributed by atoms with Crippen LogP contribution in [0.25, 0.3) is 0 Å². The van der Waals surface area contributed by atoms with E-state index in [9.17, 15) is 9.59 Å². The van der Waals surface area contributed by atoms with Crippen LogP contribution in [-0.4, -0.2) is 46.5 Å². The zero-order valence-corrected chi connectivity index (χ0v) is 12.9. The highest BCUT2D eigenvalue weighted by Crippen LogP contribution is 2.18. The summed E-state index contributed by atoms with van der Waals surface area (Å²) in [6.07, 6.45) is 4.37. The van der Waals surface area contributed by atoms with Crippen molar-refractivity contribution in [3.05, 3.63) is 23.9 Å². The third kappa shape index (κ3) is 5.11. The molecule has 2 heterocycles. The molecule has 22 heavy (non-hydrogen) atoms. The van der Waals surface area contributed by atoms with Gasteiger partial charge in [0.2, 0.25) is 5.91 Å². The highest BCUT2D eigenvalue weighted by atomic mass is 16.4. The number of aryl methyl sites for hydroxylation is 1. The number of likely N-dealkylation sites (tertiary alicyclic amines) is 1. The van der Waals surface area contributed by atoms with E-state index < -0.39 is 5.97 Å². The second-order valence-electron chi connectivity index (χ2n) is 5.85. The minimum atomic E-state index is -0.767. The van der Waals surface area contributed by atoms with Gasteiger partial charge in [-0.05, 0) is 50.9 Å². The van der Waals surface area contributed by atoms with Crippen molar-refractivity contribution in [3.8, 4) is 0 Å². The van der Waals surface area contributed by atoms with Gasteiger partial charge in [0.1, 0.15) is 5.82 Å². The van der Waals surface area contributed by atoms with Gasteiger partial charge in [-0.15, -0.1) is 0 Å². The summed E-state index contributed by atoms with van der Waals surface area (Å²) in [7, 11) is 0. The Balaban J connectivity index is 1.81. The molecule has 1 atom stereocenters. The predicted molar refractivity (Wildman–Crippen MR) is 83.6 cm³/mol. The summed E-state index contributed by atoms with van der Waals surface area (Å²) in [6, 6.07) is 3.72. The van der Waals surface area contributed by atoms with Crippen LogP contribution in [0.15, 0.2) is 18.3 Å². The Kier molecular flexibility index (Phi) is 5.89. The first-order valence-electron chi connectivity index (χ1n) is 7.72. The van der Waals surface area contributed by atoms with Gasteiger partial charge >= 0.3 is 5.97 Å². The van der Waals surface area contributed by atoms with Gasteiger partial charge in [0, 0.05) is 19.2 Å². The Labute approximate surface area is 130 Å². The molecule has 1 saturated heterocycles. The van der Waals surface area contributed by atoms with Crippen LogP contribution < -0.4 is 5.32 Å². The molecule has 120 valence electrons. The molecule has 1 amide bonds. The third-order valence-electron chi connectivity index (χ3n) is 3.90. The van der Waals surface area contributed by atoms with E-state index in [1.165, 1.54) is 0 Å². The molecular formula is C16H23N3O3. The minimum absolute atomic E-state index is 0.000660. The number of hydrogen-bond donors (Lipinski definition) is 2. The predicted octanol–water partition coefficient (Wildman–Crippen LogP) is 1.91. The summed E-state index contributed by atoms with van der Waals surface area (Å²) in [5.41, 5.74) is 1.06. The summed E-state index contributed by atoms with van der Waals surface area (Å²) in [4.78, 5) is 29.2. The molecular weight excluding hydrogens is 282 g/mol. The second kappa shape index (κ2) is 7.89. The van der Waals surface area contributed by atoms with Crippen molar-refractivity contribution >= 4 is 17.7 Å². The molecule has 0 radical (unpaired) electrons. The Morgan fingerprint density at radius 2 is 2.27 bits per heavy atom. The number of hydrogen-bond acceptors (Lipinski definition) is 4. The van der Waals surface area contributed by atoms with Crippen LogP contribution in [0.3, 0.4) is 0 Å². The molecule has 0 bridgehead atoms. The smallest absolute Gasteiger partial charge is 0.303 e. The van der Waals surface area contributed by atoms with E-state index in [4.69, 9.17) is 5.11 Å². The maximum absolute atomic E-state index is 12.3. The van der Waals surface area contributed by atoms with E-state index in [2.05, 4.69) is 15.2 Å². The van der Waals surface area contributed by atoms with Gasteiger partial charge in [0.15, 0.2) is 0 Å². The maximum atomic E-state index is 12.3. The zero-order chi connectivity index (χ0) is 15.9. The second-order valence-corrected chi connectivity index (χ2v) is 5.85. The van der Waals surface area contributed by atoms with Crippen LogP contribution in [0, 0.1) is 12.8 Å². The van der Waals surface area contributed by atoms with Gasteiger partial charge in [-0.1, -0.05) is 6.07 Å². The van der Waals surface area contributed by atoms with Crippen molar-refractivity contribution in [3.63, 3.8) is 0 Å². The lowest BCUT2D eigenvalue weighted by atomic mass is 9.97. The molecule has 1 aliphatic heterocycles. The van der Waals surface area contributed by atoms with Crippen LogP contribution in [0.1, 0.15) is 31.2 Å². The normalized spacial score (nSPS) is 18.9. The molecule has 2 rings (SSSR count). The van der Waals surface area contributed by atoms with Crippen molar-refractivity contribution in [2.75, 3.05) is 25.0 Å². The molecule has 1 fully saturated rings. The lowest BCUT2D eigenvalue weighted by Crippen LogP contribution is -2.41. The molecule has 0 saturated carbocycles. The lowest BCUT2D eigenvalue weighted by molar-refractivity contribution is -0.137. The van der Waals surface area contributed by atoms with Crippen LogP contribution in [0.4, 0.5) is 5.82 Å². The fraction of sp³-hybridized carbons (Fsp3) is 0.562. The first-order valence-corrected chi connectivity index (χ1v) is 7.72. The Morgan fingerprint density at radius 1 is 1.45 bits per heavy atom. The average molecular weight is 305 g/mol. The van der Waals surface area contributed by atoms with E-state index in [-0.39, 0.29) is 18.2 Å². The number of pyridine rings is 1. The molecule has 1 unspecified atom stereocenters. The first kappa shape index (κ1) is 16.4. The van der Waals surface area contributed by atoms with E-state index in [0.29, 0.717) is 18.8 Å². The number of anilines is 1. The van der Waals surface area contributed by atoms with Crippen molar-refractivity contribution in [2.24, 2.45) is 5.92 Å². The highest BCUT2D eigenvalue weighted by Gasteiger charge is 2.25. The van der Waals surface area contributed by atoms with E-state index in [0.717, 1.165) is 31.5 Å². The van der Waals surface area contributed by atoms with Crippen molar-refractivity contribution in [1.82, 2.24) is 9.88 Å². The van der Waals surface area contributed by atoms with Gasteiger partial charge in [-0.2, -0.15) is 0 Å². The molecule has 1 aromatic rings. The number of carboxylic acid groups (broad SMARTS) is 1. The standard InChI is InChI=1S/C16H23N3O3/c1-12-6-7-14(17-10-12)18-16(22)13-4-2-8-19(11-13)9-3-5-15(20)21/h6-7,10,13H,2-5,8-9,11H2,1H3,(H,20,21)(H,17,18,22). The Bertz CT molecular complexity index is 516. The SMILES string of the molecule is Cc1ccc(NC(=O)C2CCCN(CCCC(=O)O)C2)nc1. The first-order chi connectivity index (χ1) is 10.5. The maximum Gasteiger partial charge on any atom is 0.303 e. The molecule has 1 aromatic heterocycles. The molecule has 0 aliphatic carbocycles. The van der Waals surface area contributed by atoms with Gasteiger partial charge in [-0.3, -0.25) is 9.59 Å². The monoisotopic (exact) mass is 305 g/mol. The molecule has 0 spiro atoms. The van der Waals surface area contributed by atoms with Crippen molar-refractivity contribution < 1.29 is 14.7 Å². The topological polar surface area (TPSA) is 82.5 Å². The number of nitrogens with zero attached hydrogens (tertiary/aromatic N) is 2. The number of rotatable bonds is 6. The van der Waals surface area contributed by atoms with Gasteiger partial charge in [0.25, 0.3) is 0 Å². The summed E-state index contributed by atoms with van der Waals surface area (Å²) in [5, 5.41) is 11.5. The van der Waals surface area contributed by atoms with Gasteiger partial charge in [-0.25, -0.2) is 4.98 Å². The van der Waals surface area contributed by atoms with E-state index in [1.807, 2.05) is 13.0 Å². The largest absolute Gasteiger partial charge is 0.481 e. The average Bonchev–Trinajstić information content (AvgIpc) is 2.49. The fourth-order valence-corrected chi connectivity index (χ4v) is 2.70. The van der Waals surface area contributed by atoms with Crippen molar-refractivity contribution in [1.29, 1.82) is 0 Å². The summed E-state index contributed by atoms with van der Waals surface area (Å²) < 4.78 is 0. The fourth-order valence-electron chi connectivity index (χ4n) is 2.70. The summed E-state index contributed by atoms with van der Waals surface area (Å²) in [6.45, 7) is 4.32. The van der Waals surface area contributed by atoms with E-state index in [1.54, 1.807) is 12.3 Å². The van der Waals surface area contributed by atoms with Crippen LogP contribution >= 0.6 is 0 Å². The molecule has 6 nitrogen and oxygen atoms in total. The molecule has 6 heteroatoms. The number of amides is 1. The molecule has 1 aliphatic rings. The van der Waals surface area contributed by atoms with Crippen LogP contribution in [0.5, 0.6) is 0 Å². The minimum Gasteiger partial charge on any atom is -0.481 e. The Hall–Kier alpha value is -1.95. The summed E-state index contributed by atoms with van der Waals surface area (Å²) >= 11 is 0. The zero-order valence-electron chi connectivity index (χ0n) is 12.9. The summed E-state index contributed by atoms with van der Waals surface area (Å²) in [5.74, 6) is -0.240.